The van der Waals surface area contributed by atoms with Gasteiger partial charge >= 0.3 is 6.18 Å². The van der Waals surface area contributed by atoms with Crippen LogP contribution in [0.25, 0.3) is 0 Å². The van der Waals surface area contributed by atoms with Crippen LogP contribution in [0.3, 0.4) is 0 Å². The topological polar surface area (TPSA) is 28.2 Å². The lowest BCUT2D eigenvalue weighted by Crippen LogP contribution is -2.25. The minimum atomic E-state index is -4.35. The molecule has 0 saturated heterocycles. The molecule has 1 heterocycles. The first-order valence-corrected chi connectivity index (χ1v) is 7.44. The van der Waals surface area contributed by atoms with Crippen LogP contribution in [0, 0.1) is 5.92 Å². The summed E-state index contributed by atoms with van der Waals surface area (Å²) in [5.74, 6) is 1.22. The summed E-state index contributed by atoms with van der Waals surface area (Å²) < 4.78 is 38.9. The maximum absolute atomic E-state index is 13.0. The third kappa shape index (κ3) is 4.25. The Labute approximate surface area is 123 Å². The summed E-state index contributed by atoms with van der Waals surface area (Å²) in [6, 6.07) is 2.20. The van der Waals surface area contributed by atoms with Gasteiger partial charge < -0.3 is 10.2 Å². The molecule has 1 N–H and O–H groups in total. The quantitative estimate of drug-likeness (QED) is 0.885. The number of hydrogen-bond donors (Lipinski definition) is 1. The average molecular weight is 301 g/mol. The van der Waals surface area contributed by atoms with E-state index in [4.69, 9.17) is 0 Å². The summed E-state index contributed by atoms with van der Waals surface area (Å²) in [7, 11) is 1.82. The molecule has 1 fully saturated rings. The largest absolute Gasteiger partial charge is 0.416 e. The molecule has 6 heteroatoms. The van der Waals surface area contributed by atoms with Gasteiger partial charge in [-0.05, 0) is 37.8 Å². The van der Waals surface area contributed by atoms with E-state index in [2.05, 4.69) is 10.3 Å². The second kappa shape index (κ2) is 6.54. The Balaban J connectivity index is 2.21. The number of pyridine rings is 1. The van der Waals surface area contributed by atoms with Gasteiger partial charge in [0.1, 0.15) is 11.6 Å². The highest BCUT2D eigenvalue weighted by atomic mass is 19.4. The zero-order chi connectivity index (χ0) is 15.5. The summed E-state index contributed by atoms with van der Waals surface area (Å²) in [4.78, 5) is 6.13. The highest BCUT2D eigenvalue weighted by Gasteiger charge is 2.32. The number of aromatic nitrogens is 1. The Morgan fingerprint density at radius 1 is 1.29 bits per heavy atom. The van der Waals surface area contributed by atoms with E-state index in [9.17, 15) is 13.2 Å². The number of alkyl halides is 3. The standard InChI is InChI=1S/C15H22F3N3/c1-3-19-13-8-12(15(16,17)18)9-14(20-13)21(2)10-11-6-4-5-7-11/h8-9,11H,3-7,10H2,1-2H3,(H,19,20). The van der Waals surface area contributed by atoms with Crippen LogP contribution >= 0.6 is 0 Å². The highest BCUT2D eigenvalue weighted by Crippen LogP contribution is 2.33. The molecule has 1 aromatic heterocycles. The lowest BCUT2D eigenvalue weighted by atomic mass is 10.1. The molecule has 0 atom stereocenters. The Morgan fingerprint density at radius 2 is 1.95 bits per heavy atom. The van der Waals surface area contributed by atoms with E-state index >= 15 is 0 Å². The van der Waals surface area contributed by atoms with Gasteiger partial charge in [0.05, 0.1) is 5.56 Å². The Hall–Kier alpha value is -1.46. The molecular weight excluding hydrogens is 279 g/mol. The molecule has 0 aromatic carbocycles. The van der Waals surface area contributed by atoms with Crippen molar-refractivity contribution >= 4 is 11.6 Å². The molecule has 1 aliphatic carbocycles. The summed E-state index contributed by atoms with van der Waals surface area (Å²) in [5, 5.41) is 2.87. The van der Waals surface area contributed by atoms with E-state index in [-0.39, 0.29) is 5.82 Å². The zero-order valence-corrected chi connectivity index (χ0v) is 12.5. The molecule has 1 aliphatic rings. The molecule has 0 radical (unpaired) electrons. The highest BCUT2D eigenvalue weighted by molar-refractivity contribution is 5.51. The summed E-state index contributed by atoms with van der Waals surface area (Å²) >= 11 is 0. The number of anilines is 2. The van der Waals surface area contributed by atoms with Gasteiger partial charge in [-0.2, -0.15) is 13.2 Å². The van der Waals surface area contributed by atoms with E-state index in [0.29, 0.717) is 18.3 Å². The molecule has 1 saturated carbocycles. The fraction of sp³-hybridized carbons (Fsp3) is 0.667. The van der Waals surface area contributed by atoms with E-state index in [1.54, 1.807) is 0 Å². The number of rotatable bonds is 5. The van der Waals surface area contributed by atoms with Gasteiger partial charge in [-0.1, -0.05) is 12.8 Å². The van der Waals surface area contributed by atoms with Crippen molar-refractivity contribution in [2.45, 2.75) is 38.8 Å². The molecular formula is C15H22F3N3. The molecule has 2 rings (SSSR count). The van der Waals surface area contributed by atoms with Crippen molar-refractivity contribution in [3.8, 4) is 0 Å². The third-order valence-electron chi connectivity index (χ3n) is 3.89. The van der Waals surface area contributed by atoms with E-state index < -0.39 is 11.7 Å². The lowest BCUT2D eigenvalue weighted by molar-refractivity contribution is -0.137. The predicted molar refractivity (Wildman–Crippen MR) is 78.6 cm³/mol. The maximum Gasteiger partial charge on any atom is 0.416 e. The molecule has 3 nitrogen and oxygen atoms in total. The second-order valence-corrected chi connectivity index (χ2v) is 5.66. The van der Waals surface area contributed by atoms with Gasteiger partial charge in [-0.15, -0.1) is 0 Å². The van der Waals surface area contributed by atoms with E-state index in [0.717, 1.165) is 31.5 Å². The van der Waals surface area contributed by atoms with Gasteiger partial charge in [0, 0.05) is 20.1 Å². The first kappa shape index (κ1) is 15.9. The van der Waals surface area contributed by atoms with Crippen molar-refractivity contribution in [1.82, 2.24) is 4.98 Å². The number of halogens is 3. The first-order valence-electron chi connectivity index (χ1n) is 7.44. The number of nitrogens with zero attached hydrogens (tertiary/aromatic N) is 2. The van der Waals surface area contributed by atoms with Gasteiger partial charge in [0.2, 0.25) is 0 Å². The zero-order valence-electron chi connectivity index (χ0n) is 12.5. The Kier molecular flexibility index (Phi) is 4.96. The van der Waals surface area contributed by atoms with Gasteiger partial charge in [-0.25, -0.2) is 4.98 Å². The summed E-state index contributed by atoms with van der Waals surface area (Å²) in [5.41, 5.74) is -0.651. The summed E-state index contributed by atoms with van der Waals surface area (Å²) in [6.45, 7) is 3.14. The fourth-order valence-corrected chi connectivity index (χ4v) is 2.82. The van der Waals surface area contributed by atoms with Crippen LogP contribution in [0.15, 0.2) is 12.1 Å². The van der Waals surface area contributed by atoms with Crippen molar-refractivity contribution in [3.63, 3.8) is 0 Å². The lowest BCUT2D eigenvalue weighted by Gasteiger charge is -2.23. The van der Waals surface area contributed by atoms with Gasteiger partial charge in [0.25, 0.3) is 0 Å². The van der Waals surface area contributed by atoms with Crippen molar-refractivity contribution < 1.29 is 13.2 Å². The van der Waals surface area contributed by atoms with Crippen molar-refractivity contribution in [3.05, 3.63) is 17.7 Å². The minimum absolute atomic E-state index is 0.278. The predicted octanol–water partition coefficient (Wildman–Crippen LogP) is 4.16. The fourth-order valence-electron chi connectivity index (χ4n) is 2.82. The number of nitrogens with one attached hydrogen (secondary N) is 1. The Bertz CT molecular complexity index is 468. The van der Waals surface area contributed by atoms with Crippen LogP contribution in [0.4, 0.5) is 24.8 Å². The van der Waals surface area contributed by atoms with Crippen molar-refractivity contribution in [2.75, 3.05) is 30.4 Å². The monoisotopic (exact) mass is 301 g/mol. The molecule has 0 unspecified atom stereocenters. The van der Waals surface area contributed by atoms with E-state index in [1.807, 2.05) is 18.9 Å². The summed E-state index contributed by atoms with van der Waals surface area (Å²) in [6.07, 6.45) is 0.400. The normalized spacial score (nSPS) is 16.2. The SMILES string of the molecule is CCNc1cc(C(F)(F)F)cc(N(C)CC2CCCC2)n1. The van der Waals surface area contributed by atoms with Crippen LogP contribution < -0.4 is 10.2 Å². The van der Waals surface area contributed by atoms with Crippen molar-refractivity contribution in [1.29, 1.82) is 0 Å². The van der Waals surface area contributed by atoms with Crippen LogP contribution in [0.5, 0.6) is 0 Å². The van der Waals surface area contributed by atoms with Crippen LogP contribution in [-0.2, 0) is 6.18 Å². The maximum atomic E-state index is 13.0. The molecule has 0 amide bonds. The van der Waals surface area contributed by atoms with Crippen LogP contribution in [-0.4, -0.2) is 25.1 Å². The minimum Gasteiger partial charge on any atom is -0.370 e. The van der Waals surface area contributed by atoms with E-state index in [1.165, 1.54) is 12.8 Å². The third-order valence-corrected chi connectivity index (χ3v) is 3.89. The van der Waals surface area contributed by atoms with Crippen molar-refractivity contribution in [2.24, 2.45) is 5.92 Å². The molecule has 0 bridgehead atoms. The van der Waals surface area contributed by atoms with Gasteiger partial charge in [-0.3, -0.25) is 0 Å². The molecule has 1 aromatic rings. The Morgan fingerprint density at radius 3 is 2.52 bits per heavy atom. The van der Waals surface area contributed by atoms with Gasteiger partial charge in [0.15, 0.2) is 0 Å². The smallest absolute Gasteiger partial charge is 0.370 e. The molecule has 21 heavy (non-hydrogen) atoms. The molecule has 0 aliphatic heterocycles. The second-order valence-electron chi connectivity index (χ2n) is 5.66. The average Bonchev–Trinajstić information content (AvgIpc) is 2.90. The van der Waals surface area contributed by atoms with Crippen LogP contribution in [0.2, 0.25) is 0 Å². The molecule has 118 valence electrons. The number of hydrogen-bond acceptors (Lipinski definition) is 3. The first-order chi connectivity index (χ1) is 9.90. The van der Waals surface area contributed by atoms with Crippen LogP contribution in [0.1, 0.15) is 38.2 Å². The molecule has 0 spiro atoms.